The van der Waals surface area contributed by atoms with Gasteiger partial charge in [0.2, 0.25) is 5.91 Å². The second kappa shape index (κ2) is 9.70. The first-order valence-electron chi connectivity index (χ1n) is 11.3. The molecule has 170 valence electrons. The minimum atomic E-state index is -0.980. The number of fused-ring (bicyclic) bond motifs is 1. The predicted molar refractivity (Wildman–Crippen MR) is 126 cm³/mol. The first-order chi connectivity index (χ1) is 16.0. The van der Waals surface area contributed by atoms with Crippen LogP contribution >= 0.6 is 0 Å². The Morgan fingerprint density at radius 2 is 1.85 bits per heavy atom. The number of carbonyl (C=O) groups excluding carboxylic acids is 1. The van der Waals surface area contributed by atoms with Gasteiger partial charge in [0.25, 0.3) is 0 Å². The number of nitrogens with zero attached hydrogens (tertiary/aromatic N) is 2. The minimum absolute atomic E-state index is 0.162. The van der Waals surface area contributed by atoms with Crippen molar-refractivity contribution in [3.05, 3.63) is 82.7 Å². The minimum Gasteiger partial charge on any atom is -0.379 e. The summed E-state index contributed by atoms with van der Waals surface area (Å²) in [5.41, 5.74) is 2.30. The summed E-state index contributed by atoms with van der Waals surface area (Å²) in [6.45, 7) is 6.50. The van der Waals surface area contributed by atoms with Crippen molar-refractivity contribution in [3.8, 4) is 6.07 Å². The lowest BCUT2D eigenvalue weighted by Gasteiger charge is -2.42. The van der Waals surface area contributed by atoms with E-state index in [4.69, 9.17) is 4.74 Å². The summed E-state index contributed by atoms with van der Waals surface area (Å²) in [5, 5.41) is 14.8. The van der Waals surface area contributed by atoms with E-state index in [1.807, 2.05) is 44.2 Å². The third kappa shape index (κ3) is 4.35. The van der Waals surface area contributed by atoms with Crippen molar-refractivity contribution in [2.75, 3.05) is 26.3 Å². The number of ether oxygens (including phenoxy) is 1. The molecular formula is C27H28FN3O2. The zero-order valence-electron chi connectivity index (χ0n) is 19.0. The van der Waals surface area contributed by atoms with Crippen molar-refractivity contribution in [2.24, 2.45) is 0 Å². The van der Waals surface area contributed by atoms with Crippen LogP contribution in [0, 0.1) is 17.1 Å². The highest BCUT2D eigenvalue weighted by Gasteiger charge is 2.41. The summed E-state index contributed by atoms with van der Waals surface area (Å²) in [6.07, 6.45) is 0.692. The fraction of sp³-hybridized carbons (Fsp3) is 0.333. The maximum Gasteiger partial charge on any atom is 0.245 e. The molecule has 1 saturated heterocycles. The van der Waals surface area contributed by atoms with Crippen LogP contribution in [0.25, 0.3) is 10.8 Å². The van der Waals surface area contributed by atoms with Crippen LogP contribution in [-0.4, -0.2) is 37.1 Å². The largest absolute Gasteiger partial charge is 0.379 e. The van der Waals surface area contributed by atoms with Gasteiger partial charge in [-0.25, -0.2) is 4.39 Å². The molecule has 0 aliphatic carbocycles. The van der Waals surface area contributed by atoms with Crippen LogP contribution in [-0.2, 0) is 28.0 Å². The topological polar surface area (TPSA) is 65.4 Å². The molecule has 0 radical (unpaired) electrons. The van der Waals surface area contributed by atoms with Crippen LogP contribution in [0.15, 0.2) is 54.6 Å². The molecule has 0 bridgehead atoms. The van der Waals surface area contributed by atoms with Crippen molar-refractivity contribution in [1.29, 1.82) is 5.26 Å². The zero-order chi connectivity index (χ0) is 23.4. The van der Waals surface area contributed by atoms with Crippen molar-refractivity contribution < 1.29 is 13.9 Å². The molecule has 1 atom stereocenters. The normalized spacial score (nSPS) is 16.2. The number of hydrogen-bond donors (Lipinski definition) is 1. The number of benzene rings is 3. The molecule has 1 N–H and O–H groups in total. The van der Waals surface area contributed by atoms with Gasteiger partial charge in [-0.05, 0) is 59.0 Å². The Morgan fingerprint density at radius 3 is 2.52 bits per heavy atom. The van der Waals surface area contributed by atoms with Gasteiger partial charge in [-0.3, -0.25) is 9.69 Å². The monoisotopic (exact) mass is 445 g/mol. The average Bonchev–Trinajstić information content (AvgIpc) is 2.86. The van der Waals surface area contributed by atoms with E-state index in [1.165, 1.54) is 12.1 Å². The number of hydrogen-bond acceptors (Lipinski definition) is 4. The van der Waals surface area contributed by atoms with Crippen LogP contribution in [0.1, 0.15) is 36.1 Å². The molecule has 6 heteroatoms. The lowest BCUT2D eigenvalue weighted by Crippen LogP contribution is -2.57. The van der Waals surface area contributed by atoms with E-state index in [0.29, 0.717) is 44.8 Å². The fourth-order valence-corrected chi connectivity index (χ4v) is 4.75. The standard InChI is InChI=1S/C27H28FN3O2/c1-3-23-20(17-29)16-19-6-4-5-7-24(19)25(23)18-30-26(32)27(2,31-12-14-33-15-13-31)21-8-10-22(28)11-9-21/h4-11,16H,3,12-15,18H2,1-2H3,(H,30,32). The number of morpholine rings is 1. The van der Waals surface area contributed by atoms with E-state index in [2.05, 4.69) is 16.3 Å². The molecule has 1 amide bonds. The van der Waals surface area contributed by atoms with Gasteiger partial charge in [-0.15, -0.1) is 0 Å². The Labute approximate surface area is 193 Å². The van der Waals surface area contributed by atoms with E-state index in [0.717, 1.165) is 27.5 Å². The molecule has 1 fully saturated rings. The van der Waals surface area contributed by atoms with E-state index in [1.54, 1.807) is 12.1 Å². The Balaban J connectivity index is 1.71. The predicted octanol–water partition coefficient (Wildman–Crippen LogP) is 4.28. The molecule has 4 rings (SSSR count). The molecule has 1 aliphatic heterocycles. The third-order valence-corrected chi connectivity index (χ3v) is 6.67. The van der Waals surface area contributed by atoms with Gasteiger partial charge in [-0.1, -0.05) is 43.3 Å². The number of nitriles is 1. The lowest BCUT2D eigenvalue weighted by atomic mass is 9.87. The number of halogens is 1. The molecule has 0 aromatic heterocycles. The van der Waals surface area contributed by atoms with Gasteiger partial charge in [0.05, 0.1) is 24.8 Å². The maximum atomic E-state index is 13.8. The Hall–Kier alpha value is -3.27. The molecule has 0 spiro atoms. The second-order valence-corrected chi connectivity index (χ2v) is 8.43. The zero-order valence-corrected chi connectivity index (χ0v) is 19.0. The van der Waals surface area contributed by atoms with E-state index in [9.17, 15) is 14.4 Å². The second-order valence-electron chi connectivity index (χ2n) is 8.43. The van der Waals surface area contributed by atoms with Crippen molar-refractivity contribution in [3.63, 3.8) is 0 Å². The molecular weight excluding hydrogens is 417 g/mol. The Bertz CT molecular complexity index is 1200. The van der Waals surface area contributed by atoms with Crippen LogP contribution in [0.2, 0.25) is 0 Å². The molecule has 3 aromatic carbocycles. The molecule has 1 unspecified atom stereocenters. The van der Waals surface area contributed by atoms with Gasteiger partial charge in [0.15, 0.2) is 0 Å². The van der Waals surface area contributed by atoms with Crippen molar-refractivity contribution >= 4 is 16.7 Å². The third-order valence-electron chi connectivity index (χ3n) is 6.67. The fourth-order valence-electron chi connectivity index (χ4n) is 4.75. The summed E-state index contributed by atoms with van der Waals surface area (Å²) < 4.78 is 19.1. The molecule has 33 heavy (non-hydrogen) atoms. The van der Waals surface area contributed by atoms with Crippen LogP contribution in [0.4, 0.5) is 4.39 Å². The van der Waals surface area contributed by atoms with Gasteiger partial charge in [-0.2, -0.15) is 5.26 Å². The number of rotatable bonds is 6. The summed E-state index contributed by atoms with van der Waals surface area (Å²) >= 11 is 0. The Kier molecular flexibility index (Phi) is 6.73. The van der Waals surface area contributed by atoms with Crippen LogP contribution < -0.4 is 5.32 Å². The summed E-state index contributed by atoms with van der Waals surface area (Å²) in [4.78, 5) is 15.8. The van der Waals surface area contributed by atoms with Crippen molar-refractivity contribution in [2.45, 2.75) is 32.4 Å². The number of carbonyl (C=O) groups is 1. The van der Waals surface area contributed by atoms with E-state index < -0.39 is 5.54 Å². The molecule has 5 nitrogen and oxygen atoms in total. The molecule has 3 aromatic rings. The van der Waals surface area contributed by atoms with Gasteiger partial charge in [0, 0.05) is 19.6 Å². The van der Waals surface area contributed by atoms with Crippen LogP contribution in [0.3, 0.4) is 0 Å². The van der Waals surface area contributed by atoms with E-state index in [-0.39, 0.29) is 11.7 Å². The SMILES string of the molecule is CCc1c(C#N)cc2ccccc2c1CNC(=O)C(C)(c1ccc(F)cc1)N1CCOCC1. The molecule has 1 heterocycles. The summed E-state index contributed by atoms with van der Waals surface area (Å²) in [7, 11) is 0. The first kappa shape index (κ1) is 22.9. The first-order valence-corrected chi connectivity index (χ1v) is 11.3. The van der Waals surface area contributed by atoms with Gasteiger partial charge < -0.3 is 10.1 Å². The Morgan fingerprint density at radius 1 is 1.15 bits per heavy atom. The highest BCUT2D eigenvalue weighted by Crippen LogP contribution is 2.31. The maximum absolute atomic E-state index is 13.8. The number of amides is 1. The summed E-state index contributed by atoms with van der Waals surface area (Å²) in [5.74, 6) is -0.500. The summed E-state index contributed by atoms with van der Waals surface area (Å²) in [6, 6.07) is 18.3. The van der Waals surface area contributed by atoms with Gasteiger partial charge in [0.1, 0.15) is 11.4 Å². The highest BCUT2D eigenvalue weighted by molar-refractivity contribution is 5.90. The molecule has 0 saturated carbocycles. The van der Waals surface area contributed by atoms with Crippen molar-refractivity contribution in [1.82, 2.24) is 10.2 Å². The quantitative estimate of drug-likeness (QED) is 0.615. The highest BCUT2D eigenvalue weighted by atomic mass is 19.1. The smallest absolute Gasteiger partial charge is 0.245 e. The lowest BCUT2D eigenvalue weighted by molar-refractivity contribution is -0.136. The van der Waals surface area contributed by atoms with Gasteiger partial charge >= 0.3 is 0 Å². The number of nitrogens with one attached hydrogen (secondary N) is 1. The van der Waals surface area contributed by atoms with E-state index >= 15 is 0 Å². The average molecular weight is 446 g/mol. The van der Waals surface area contributed by atoms with Crippen LogP contribution in [0.5, 0.6) is 0 Å². The molecule has 1 aliphatic rings.